The van der Waals surface area contributed by atoms with Gasteiger partial charge in [0.1, 0.15) is 17.1 Å². The van der Waals surface area contributed by atoms with Gasteiger partial charge in [0.2, 0.25) is 15.9 Å². The first-order valence-electron chi connectivity index (χ1n) is 14.9. The average Bonchev–Trinajstić information content (AvgIpc) is 3.51. The summed E-state index contributed by atoms with van der Waals surface area (Å²) in [6, 6.07) is 8.46. The van der Waals surface area contributed by atoms with Crippen LogP contribution in [0, 0.1) is 20.2 Å². The Hall–Kier alpha value is -4.77. The van der Waals surface area contributed by atoms with Gasteiger partial charge in [-0.05, 0) is 37.8 Å². The molecule has 0 fully saturated rings. The number of hydrogen-bond donors (Lipinski definition) is 2. The molecule has 0 aliphatic heterocycles. The van der Waals surface area contributed by atoms with Gasteiger partial charge >= 0.3 is 11.4 Å². The van der Waals surface area contributed by atoms with Crippen molar-refractivity contribution in [1.82, 2.24) is 5.16 Å². The van der Waals surface area contributed by atoms with E-state index in [4.69, 9.17) is 19.1 Å². The van der Waals surface area contributed by atoms with Crippen molar-refractivity contribution in [2.24, 2.45) is 5.14 Å². The number of carbonyl (C=O) groups excluding carboxylic acids is 1. The van der Waals surface area contributed by atoms with Gasteiger partial charge in [-0.2, -0.15) is 0 Å². The smallest absolute Gasteiger partial charge is 0.301 e. The number of hydrogen-bond acceptors (Lipinski definition) is 12. The second-order valence-electron chi connectivity index (χ2n) is 10.7. The van der Waals surface area contributed by atoms with E-state index in [9.17, 15) is 33.4 Å². The van der Waals surface area contributed by atoms with E-state index in [1.165, 1.54) is 19.1 Å². The number of rotatable bonds is 15. The monoisotopic (exact) mass is 678 g/mol. The standard InChI is InChI=1S/C18H24N2O4.C12H18N4O6S/c1-6-18(3,7-2)14-11-15(24-20-14)19-17(21)16-12(22-4)9-8-10-13(16)23-5;1-3-5-14(6-4-2)12-10(15(17)18)7-9(23(13,21)22)8-11(12)16(19)20/h8-11H,6-7H2,1-5H3,(H,19,21);7-8H,3-6H2,1-2H3,(H2,13,21,22). The first kappa shape index (κ1) is 38.4. The van der Waals surface area contributed by atoms with Gasteiger partial charge in [-0.25, -0.2) is 13.6 Å². The van der Waals surface area contributed by atoms with E-state index >= 15 is 0 Å². The van der Waals surface area contributed by atoms with Gasteiger partial charge in [-0.3, -0.25) is 30.3 Å². The minimum atomic E-state index is -4.31. The van der Waals surface area contributed by atoms with Gasteiger partial charge < -0.3 is 18.9 Å². The lowest BCUT2D eigenvalue weighted by Gasteiger charge is -2.23. The summed E-state index contributed by atoms with van der Waals surface area (Å²) in [5.74, 6) is 0.787. The number of nitro groups is 2. The van der Waals surface area contributed by atoms with E-state index in [1.807, 2.05) is 13.8 Å². The zero-order chi connectivity index (χ0) is 35.5. The third kappa shape index (κ3) is 9.38. The highest BCUT2D eigenvalue weighted by Crippen LogP contribution is 2.40. The van der Waals surface area contributed by atoms with E-state index in [0.717, 1.165) is 30.7 Å². The zero-order valence-electron chi connectivity index (χ0n) is 27.6. The second kappa shape index (κ2) is 16.7. The lowest BCUT2D eigenvalue weighted by molar-refractivity contribution is -0.393. The van der Waals surface area contributed by atoms with E-state index in [0.29, 0.717) is 48.9 Å². The Bertz CT molecular complexity index is 1610. The minimum absolute atomic E-state index is 0.0748. The lowest BCUT2D eigenvalue weighted by atomic mass is 9.81. The first-order valence-corrected chi connectivity index (χ1v) is 16.4. The number of sulfonamides is 1. The van der Waals surface area contributed by atoms with Crippen molar-refractivity contribution in [2.45, 2.75) is 70.6 Å². The number of amides is 1. The van der Waals surface area contributed by atoms with Crippen molar-refractivity contribution in [3.05, 3.63) is 67.9 Å². The maximum Gasteiger partial charge on any atom is 0.301 e. The Kier molecular flexibility index (Phi) is 13.6. The van der Waals surface area contributed by atoms with Gasteiger partial charge in [-0.1, -0.05) is 45.8 Å². The Morgan fingerprint density at radius 1 is 0.979 bits per heavy atom. The number of benzene rings is 2. The largest absolute Gasteiger partial charge is 0.496 e. The van der Waals surface area contributed by atoms with Crippen molar-refractivity contribution in [3.63, 3.8) is 0 Å². The number of ether oxygens (including phenoxy) is 2. The van der Waals surface area contributed by atoms with Crippen LogP contribution < -0.4 is 24.8 Å². The molecule has 47 heavy (non-hydrogen) atoms. The molecule has 3 N–H and O–H groups in total. The molecule has 3 rings (SSSR count). The summed E-state index contributed by atoms with van der Waals surface area (Å²) < 4.78 is 38.7. The third-order valence-electron chi connectivity index (χ3n) is 7.65. The Labute approximate surface area is 273 Å². The highest BCUT2D eigenvalue weighted by molar-refractivity contribution is 7.89. The summed E-state index contributed by atoms with van der Waals surface area (Å²) in [5, 5.41) is 34.4. The number of nitrogens with one attached hydrogen (secondary N) is 1. The summed E-state index contributed by atoms with van der Waals surface area (Å²) >= 11 is 0. The highest BCUT2D eigenvalue weighted by Gasteiger charge is 2.33. The number of carbonyl (C=O) groups is 1. The summed E-state index contributed by atoms with van der Waals surface area (Å²) in [6.07, 6.45) is 3.10. The molecular weight excluding hydrogens is 636 g/mol. The fourth-order valence-electron chi connectivity index (χ4n) is 4.70. The number of anilines is 2. The Morgan fingerprint density at radius 2 is 1.47 bits per heavy atom. The van der Waals surface area contributed by atoms with E-state index in [1.54, 1.807) is 24.3 Å². The molecule has 0 saturated carbocycles. The molecule has 0 unspecified atom stereocenters. The van der Waals surface area contributed by atoms with Crippen LogP contribution in [0.4, 0.5) is 22.9 Å². The molecule has 2 aromatic carbocycles. The first-order chi connectivity index (χ1) is 22.1. The fourth-order valence-corrected chi connectivity index (χ4v) is 5.25. The van der Waals surface area contributed by atoms with Crippen LogP contribution in [0.3, 0.4) is 0 Å². The van der Waals surface area contributed by atoms with Crippen LogP contribution in [0.2, 0.25) is 0 Å². The Balaban J connectivity index is 0.000000327. The van der Waals surface area contributed by atoms with Gasteiger partial charge in [-0.15, -0.1) is 0 Å². The Morgan fingerprint density at radius 3 is 1.85 bits per heavy atom. The SMILES string of the molecule is CCC(C)(CC)c1cc(NC(=O)c2c(OC)cccc2OC)on1.CCCN(CCC)c1c([N+](=O)[O-])cc(S(N)(=O)=O)cc1[N+](=O)[O-]. The molecule has 0 bridgehead atoms. The molecule has 0 atom stereocenters. The summed E-state index contributed by atoms with van der Waals surface area (Å²) in [5.41, 5.74) is -0.426. The van der Waals surface area contributed by atoms with Crippen molar-refractivity contribution < 1.29 is 37.1 Å². The molecule has 1 aromatic heterocycles. The molecule has 0 saturated heterocycles. The molecule has 258 valence electrons. The molecular formula is C30H42N6O10S. The summed E-state index contributed by atoms with van der Waals surface area (Å²) in [6.45, 7) is 10.7. The quantitative estimate of drug-likeness (QED) is 0.144. The number of nitrogens with zero attached hydrogens (tertiary/aromatic N) is 4. The summed E-state index contributed by atoms with van der Waals surface area (Å²) in [4.78, 5) is 34.4. The highest BCUT2D eigenvalue weighted by atomic mass is 32.2. The molecule has 17 heteroatoms. The van der Waals surface area contributed by atoms with Gasteiger partial charge in [0.15, 0.2) is 5.69 Å². The molecule has 1 heterocycles. The fraction of sp³-hybridized carbons (Fsp3) is 0.467. The van der Waals surface area contributed by atoms with Crippen LogP contribution >= 0.6 is 0 Å². The van der Waals surface area contributed by atoms with Crippen LogP contribution in [-0.4, -0.2) is 56.6 Å². The van der Waals surface area contributed by atoms with Crippen molar-refractivity contribution in [2.75, 3.05) is 37.5 Å². The number of nitrogens with two attached hydrogens (primary N) is 1. The topological polar surface area (TPSA) is 223 Å². The van der Waals surface area contributed by atoms with Crippen molar-refractivity contribution in [1.29, 1.82) is 0 Å². The molecule has 0 radical (unpaired) electrons. The normalized spacial score (nSPS) is 11.2. The van der Waals surface area contributed by atoms with Crippen LogP contribution in [0.15, 0.2) is 45.8 Å². The van der Waals surface area contributed by atoms with Gasteiger partial charge in [0, 0.05) is 36.7 Å². The zero-order valence-corrected chi connectivity index (χ0v) is 28.4. The van der Waals surface area contributed by atoms with E-state index in [-0.39, 0.29) is 17.0 Å². The molecule has 1 amide bonds. The second-order valence-corrected chi connectivity index (χ2v) is 12.3. The maximum absolute atomic E-state index is 12.6. The lowest BCUT2D eigenvalue weighted by Crippen LogP contribution is -2.27. The molecule has 3 aromatic rings. The van der Waals surface area contributed by atoms with Crippen molar-refractivity contribution >= 4 is 38.9 Å². The number of methoxy groups -OCH3 is 2. The van der Waals surface area contributed by atoms with Gasteiger partial charge in [0.05, 0.1) is 34.7 Å². The van der Waals surface area contributed by atoms with Crippen molar-refractivity contribution in [3.8, 4) is 11.5 Å². The molecule has 16 nitrogen and oxygen atoms in total. The summed E-state index contributed by atoms with van der Waals surface area (Å²) in [7, 11) is -1.30. The van der Waals surface area contributed by atoms with Crippen LogP contribution in [-0.2, 0) is 15.4 Å². The molecule has 0 aliphatic carbocycles. The predicted octanol–water partition coefficient (Wildman–Crippen LogP) is 5.80. The third-order valence-corrected chi connectivity index (χ3v) is 8.54. The minimum Gasteiger partial charge on any atom is -0.496 e. The van der Waals surface area contributed by atoms with E-state index < -0.39 is 36.1 Å². The van der Waals surface area contributed by atoms with Crippen LogP contribution in [0.5, 0.6) is 11.5 Å². The number of nitro benzene ring substituents is 2. The van der Waals surface area contributed by atoms with Crippen LogP contribution in [0.1, 0.15) is 76.4 Å². The number of aromatic nitrogens is 1. The average molecular weight is 679 g/mol. The molecule has 0 aliphatic rings. The van der Waals surface area contributed by atoms with Crippen LogP contribution in [0.25, 0.3) is 0 Å². The maximum atomic E-state index is 12.6. The number of primary sulfonamides is 1. The van der Waals surface area contributed by atoms with Gasteiger partial charge in [0.25, 0.3) is 5.91 Å². The van der Waals surface area contributed by atoms with E-state index in [2.05, 4.69) is 31.2 Å². The molecule has 0 spiro atoms. The predicted molar refractivity (Wildman–Crippen MR) is 176 cm³/mol.